The third-order valence-corrected chi connectivity index (χ3v) is 5.30. The Morgan fingerprint density at radius 3 is 2.60 bits per heavy atom. The normalized spacial score (nSPS) is 26.1. The summed E-state index contributed by atoms with van der Waals surface area (Å²) in [5.41, 5.74) is -0.218. The number of oxime groups is 1. The molecule has 0 aliphatic carbocycles. The predicted octanol–water partition coefficient (Wildman–Crippen LogP) is 3.12. The zero-order valence-corrected chi connectivity index (χ0v) is 16.0. The van der Waals surface area contributed by atoms with Gasteiger partial charge in [0.25, 0.3) is 5.69 Å². The molecule has 3 aliphatic heterocycles. The molecule has 0 spiro atoms. The van der Waals surface area contributed by atoms with E-state index in [1.54, 1.807) is 0 Å². The molecule has 1 aromatic carbocycles. The molecule has 0 amide bonds. The molecule has 2 bridgehead atoms. The molecular weight excluding hydrogens is 398 g/mol. The van der Waals surface area contributed by atoms with E-state index in [1.165, 1.54) is 6.07 Å². The van der Waals surface area contributed by atoms with Crippen molar-refractivity contribution in [2.75, 3.05) is 13.2 Å². The maximum Gasteiger partial charge on any atom is 0.321 e. The van der Waals surface area contributed by atoms with Crippen molar-refractivity contribution < 1.29 is 28.9 Å². The summed E-state index contributed by atoms with van der Waals surface area (Å²) in [7, 11) is 0. The number of benzene rings is 1. The van der Waals surface area contributed by atoms with Crippen LogP contribution < -0.4 is 4.84 Å². The van der Waals surface area contributed by atoms with Gasteiger partial charge in [0.2, 0.25) is 5.75 Å². The van der Waals surface area contributed by atoms with E-state index in [0.717, 1.165) is 25.0 Å². The van der Waals surface area contributed by atoms with Gasteiger partial charge < -0.3 is 19.0 Å². The number of nitro benzene ring substituents is 2. The van der Waals surface area contributed by atoms with Crippen molar-refractivity contribution in [1.29, 1.82) is 0 Å². The highest BCUT2D eigenvalue weighted by molar-refractivity contribution is 5.88. The van der Waals surface area contributed by atoms with Crippen molar-refractivity contribution in [2.24, 2.45) is 11.1 Å². The molecule has 0 aromatic heterocycles. The monoisotopic (exact) mass is 419 g/mol. The molecule has 4 rings (SSSR count). The minimum Gasteiger partial charge on any atom is -0.366 e. The van der Waals surface area contributed by atoms with E-state index < -0.39 is 21.2 Å². The Morgan fingerprint density at radius 1 is 1.17 bits per heavy atom. The summed E-state index contributed by atoms with van der Waals surface area (Å²) in [6.07, 6.45) is 6.27. The Morgan fingerprint density at radius 2 is 1.97 bits per heavy atom. The maximum absolute atomic E-state index is 11.3. The van der Waals surface area contributed by atoms with E-state index in [1.807, 2.05) is 12.2 Å². The van der Waals surface area contributed by atoms with Gasteiger partial charge in [-0.3, -0.25) is 20.2 Å². The molecule has 3 aliphatic rings. The average Bonchev–Trinajstić information content (AvgIpc) is 3.38. The van der Waals surface area contributed by atoms with E-state index in [-0.39, 0.29) is 30.2 Å². The lowest BCUT2D eigenvalue weighted by Crippen LogP contribution is -2.29. The first-order valence-corrected chi connectivity index (χ1v) is 9.75. The zero-order chi connectivity index (χ0) is 21.1. The molecular formula is C19H21N3O8. The van der Waals surface area contributed by atoms with E-state index in [0.29, 0.717) is 31.8 Å². The SMILES string of the molecule is O=[N+]([O-])c1ccc(O/N=C(\CCC2OCCCO2)[C@H]2C[C@H]3C=C[C@@H]2O3)c([N+](=O)[O-])c1. The van der Waals surface area contributed by atoms with Crippen LogP contribution in [0.1, 0.15) is 25.7 Å². The van der Waals surface area contributed by atoms with E-state index >= 15 is 0 Å². The van der Waals surface area contributed by atoms with Crippen LogP contribution in [-0.4, -0.2) is 47.3 Å². The molecule has 0 N–H and O–H groups in total. The summed E-state index contributed by atoms with van der Waals surface area (Å²) in [4.78, 5) is 26.2. The van der Waals surface area contributed by atoms with Gasteiger partial charge in [0.15, 0.2) is 6.29 Å². The Kier molecular flexibility index (Phi) is 6.02. The summed E-state index contributed by atoms with van der Waals surface area (Å²) >= 11 is 0. The van der Waals surface area contributed by atoms with Gasteiger partial charge in [-0.2, -0.15) is 0 Å². The van der Waals surface area contributed by atoms with Gasteiger partial charge in [0.1, 0.15) is 0 Å². The number of fused-ring (bicyclic) bond motifs is 2. The third kappa shape index (κ3) is 4.48. The fourth-order valence-corrected chi connectivity index (χ4v) is 3.81. The van der Waals surface area contributed by atoms with Gasteiger partial charge in [-0.05, 0) is 25.3 Å². The smallest absolute Gasteiger partial charge is 0.321 e. The van der Waals surface area contributed by atoms with Crippen molar-refractivity contribution in [2.45, 2.75) is 44.2 Å². The lowest BCUT2D eigenvalue weighted by Gasteiger charge is -2.24. The van der Waals surface area contributed by atoms with Gasteiger partial charge in [-0.25, -0.2) is 0 Å². The standard InChI is InChI=1S/C19H21N3O8/c23-21(24)12-2-5-18(16(10-12)22(25)26)30-20-15(4-7-19-27-8-1-9-28-19)14-11-13-3-6-17(14)29-13/h2-3,5-6,10,13-14,17,19H,1,4,7-9,11H2/b20-15+/t13-,14-,17+/m1/s1. The molecule has 30 heavy (non-hydrogen) atoms. The lowest BCUT2D eigenvalue weighted by molar-refractivity contribution is -0.394. The Bertz CT molecular complexity index is 881. The Balaban J connectivity index is 1.53. The highest BCUT2D eigenvalue weighted by atomic mass is 16.7. The highest BCUT2D eigenvalue weighted by Crippen LogP contribution is 2.37. The van der Waals surface area contributed by atoms with Crippen LogP contribution in [0.3, 0.4) is 0 Å². The van der Waals surface area contributed by atoms with E-state index in [4.69, 9.17) is 19.0 Å². The topological polar surface area (TPSA) is 136 Å². The summed E-state index contributed by atoms with van der Waals surface area (Å²) in [5, 5.41) is 26.4. The first-order chi connectivity index (χ1) is 14.5. The second-order valence-electron chi connectivity index (χ2n) is 7.27. The fourth-order valence-electron chi connectivity index (χ4n) is 3.81. The van der Waals surface area contributed by atoms with Gasteiger partial charge in [0, 0.05) is 18.4 Å². The van der Waals surface area contributed by atoms with Gasteiger partial charge >= 0.3 is 5.69 Å². The van der Waals surface area contributed by atoms with Gasteiger partial charge in [0.05, 0.1) is 47.0 Å². The minimum absolute atomic E-state index is 0.0132. The average molecular weight is 419 g/mol. The van der Waals surface area contributed by atoms with E-state index in [2.05, 4.69) is 5.16 Å². The van der Waals surface area contributed by atoms with Crippen LogP contribution in [0, 0.1) is 26.1 Å². The summed E-state index contributed by atoms with van der Waals surface area (Å²) in [5.74, 6) is -0.173. The highest BCUT2D eigenvalue weighted by Gasteiger charge is 2.40. The van der Waals surface area contributed by atoms with Crippen LogP contribution >= 0.6 is 0 Å². The second-order valence-corrected chi connectivity index (χ2v) is 7.27. The molecule has 2 saturated heterocycles. The Hall–Kier alpha value is -2.89. The number of rotatable bonds is 8. The number of hydrogen-bond donors (Lipinski definition) is 0. The molecule has 3 atom stereocenters. The minimum atomic E-state index is -0.732. The maximum atomic E-state index is 11.3. The third-order valence-electron chi connectivity index (χ3n) is 5.30. The van der Waals surface area contributed by atoms with Crippen molar-refractivity contribution in [3.8, 4) is 5.75 Å². The molecule has 0 unspecified atom stereocenters. The van der Waals surface area contributed by atoms with Crippen LogP contribution in [0.2, 0.25) is 0 Å². The van der Waals surface area contributed by atoms with Gasteiger partial charge in [-0.15, -0.1) is 0 Å². The number of nitro groups is 2. The second kappa shape index (κ2) is 8.86. The van der Waals surface area contributed by atoms with Crippen LogP contribution in [-0.2, 0) is 14.2 Å². The Labute approximate surface area is 171 Å². The number of non-ortho nitro benzene ring substituents is 1. The quantitative estimate of drug-likeness (QED) is 0.271. The number of hydrogen-bond acceptors (Lipinski definition) is 9. The van der Waals surface area contributed by atoms with Crippen molar-refractivity contribution in [1.82, 2.24) is 0 Å². The summed E-state index contributed by atoms with van der Waals surface area (Å²) in [6, 6.07) is 3.18. The van der Waals surface area contributed by atoms with Crippen LogP contribution in [0.5, 0.6) is 5.75 Å². The zero-order valence-electron chi connectivity index (χ0n) is 16.0. The predicted molar refractivity (Wildman–Crippen MR) is 103 cm³/mol. The van der Waals surface area contributed by atoms with Crippen LogP contribution in [0.25, 0.3) is 0 Å². The summed E-state index contributed by atoms with van der Waals surface area (Å²) < 4.78 is 17.0. The molecule has 0 radical (unpaired) electrons. The van der Waals surface area contributed by atoms with Crippen LogP contribution in [0.4, 0.5) is 11.4 Å². The van der Waals surface area contributed by atoms with Crippen molar-refractivity contribution in [3.63, 3.8) is 0 Å². The van der Waals surface area contributed by atoms with E-state index in [9.17, 15) is 20.2 Å². The van der Waals surface area contributed by atoms with Crippen LogP contribution in [0.15, 0.2) is 35.5 Å². The van der Waals surface area contributed by atoms with Crippen molar-refractivity contribution in [3.05, 3.63) is 50.6 Å². The fraction of sp³-hybridized carbons (Fsp3) is 0.526. The lowest BCUT2D eigenvalue weighted by atomic mass is 9.88. The first-order valence-electron chi connectivity index (χ1n) is 9.75. The number of ether oxygens (including phenoxy) is 3. The number of nitrogens with zero attached hydrogens (tertiary/aromatic N) is 3. The molecule has 2 fully saturated rings. The molecule has 3 heterocycles. The first kappa shape index (κ1) is 20.4. The molecule has 160 valence electrons. The summed E-state index contributed by atoms with van der Waals surface area (Å²) in [6.45, 7) is 1.28. The van der Waals surface area contributed by atoms with Gasteiger partial charge in [-0.1, -0.05) is 17.3 Å². The molecule has 0 saturated carbocycles. The molecule has 1 aromatic rings. The van der Waals surface area contributed by atoms with Crippen molar-refractivity contribution >= 4 is 17.1 Å². The largest absolute Gasteiger partial charge is 0.366 e. The molecule has 11 heteroatoms. The molecule has 11 nitrogen and oxygen atoms in total.